The van der Waals surface area contributed by atoms with E-state index in [2.05, 4.69) is 57.7 Å². The molecule has 5 rings (SSSR count). The highest BCUT2D eigenvalue weighted by Gasteiger charge is 2.31. The van der Waals surface area contributed by atoms with Gasteiger partial charge in [0.25, 0.3) is 0 Å². The lowest BCUT2D eigenvalue weighted by atomic mass is 10.0. The first-order valence-corrected chi connectivity index (χ1v) is 13.1. The van der Waals surface area contributed by atoms with Crippen LogP contribution < -0.4 is 42.5 Å². The van der Waals surface area contributed by atoms with Crippen molar-refractivity contribution < 1.29 is 0 Å². The van der Waals surface area contributed by atoms with Crippen molar-refractivity contribution >= 4 is 35.9 Å². The Hall–Kier alpha value is -2.44. The molecule has 11 nitrogen and oxygen atoms in total. The van der Waals surface area contributed by atoms with Crippen LogP contribution in [-0.4, -0.2) is 91.0 Å². The topological polar surface area (TPSA) is 156 Å². The SMILES string of the molecule is Cc1ccc(N2CCN(c3nc(N4C[C@H](N)C[C@H](N)C4)nc(N4C[C@H](N)C[C@H](N)C4)n3)CC2C)cc1.Cl. The molecule has 37 heavy (non-hydrogen) atoms. The molecule has 3 saturated heterocycles. The van der Waals surface area contributed by atoms with Crippen molar-refractivity contribution in [2.24, 2.45) is 22.9 Å². The smallest absolute Gasteiger partial charge is 0.232 e. The van der Waals surface area contributed by atoms with Gasteiger partial charge in [-0.05, 0) is 38.8 Å². The minimum atomic E-state index is -0.00711. The minimum absolute atomic E-state index is 0. The number of benzene rings is 1. The standard InChI is InChI=1S/C25H41N11.ClH/c1-16-3-5-22(6-4-16)36-8-7-33(11-17(36)2)23-30-24(34-12-18(26)9-19(27)13-34)32-25(31-23)35-14-20(28)10-21(29)15-35;/h3-6,17-21H,7-15,26-29H2,1-2H3;1H/t17?,18-,19+,20-,21+;. The third-order valence-corrected chi connectivity index (χ3v) is 7.47. The number of hydrogen-bond acceptors (Lipinski definition) is 11. The number of anilines is 4. The molecule has 2 aromatic rings. The monoisotopic (exact) mass is 531 g/mol. The Morgan fingerprint density at radius 1 is 0.649 bits per heavy atom. The van der Waals surface area contributed by atoms with Gasteiger partial charge in [-0.1, -0.05) is 17.7 Å². The largest absolute Gasteiger partial charge is 0.365 e. The van der Waals surface area contributed by atoms with Crippen LogP contribution in [0.3, 0.4) is 0 Å². The second-order valence-corrected chi connectivity index (χ2v) is 10.9. The van der Waals surface area contributed by atoms with E-state index in [1.165, 1.54) is 11.3 Å². The zero-order chi connectivity index (χ0) is 25.4. The van der Waals surface area contributed by atoms with Gasteiger partial charge in [0.15, 0.2) is 0 Å². The number of piperidine rings is 2. The molecular weight excluding hydrogens is 490 g/mol. The zero-order valence-electron chi connectivity index (χ0n) is 21.9. The number of piperazine rings is 1. The summed E-state index contributed by atoms with van der Waals surface area (Å²) in [5, 5.41) is 0. The summed E-state index contributed by atoms with van der Waals surface area (Å²) in [4.78, 5) is 23.7. The number of nitrogens with zero attached hydrogens (tertiary/aromatic N) is 7. The quantitative estimate of drug-likeness (QED) is 0.422. The van der Waals surface area contributed by atoms with Crippen LogP contribution in [0.15, 0.2) is 24.3 Å². The summed E-state index contributed by atoms with van der Waals surface area (Å²) in [6.45, 7) is 9.58. The fraction of sp³-hybridized carbons (Fsp3) is 0.640. The number of rotatable bonds is 4. The molecule has 0 bridgehead atoms. The summed E-state index contributed by atoms with van der Waals surface area (Å²) in [5.74, 6) is 1.94. The lowest BCUT2D eigenvalue weighted by Gasteiger charge is -2.42. The highest BCUT2D eigenvalue weighted by molar-refractivity contribution is 5.85. The van der Waals surface area contributed by atoms with Gasteiger partial charge in [0.2, 0.25) is 17.8 Å². The predicted molar refractivity (Wildman–Crippen MR) is 153 cm³/mol. The molecule has 0 spiro atoms. The van der Waals surface area contributed by atoms with Gasteiger partial charge in [-0.2, -0.15) is 15.0 Å². The Labute approximate surface area is 226 Å². The van der Waals surface area contributed by atoms with Gasteiger partial charge in [-0.3, -0.25) is 0 Å². The van der Waals surface area contributed by atoms with Gasteiger partial charge >= 0.3 is 0 Å². The van der Waals surface area contributed by atoms with Gasteiger partial charge in [0.05, 0.1) is 0 Å². The van der Waals surface area contributed by atoms with Crippen LogP contribution in [-0.2, 0) is 0 Å². The molecule has 3 aliphatic heterocycles. The molecule has 1 aromatic carbocycles. The van der Waals surface area contributed by atoms with E-state index in [0.29, 0.717) is 50.1 Å². The molecule has 3 fully saturated rings. The van der Waals surface area contributed by atoms with Gasteiger partial charge < -0.3 is 42.5 Å². The van der Waals surface area contributed by atoms with Crippen molar-refractivity contribution in [3.63, 3.8) is 0 Å². The molecule has 5 atom stereocenters. The van der Waals surface area contributed by atoms with Gasteiger partial charge in [0, 0.05) is 81.7 Å². The zero-order valence-corrected chi connectivity index (χ0v) is 22.7. The summed E-state index contributed by atoms with van der Waals surface area (Å²) >= 11 is 0. The highest BCUT2D eigenvalue weighted by Crippen LogP contribution is 2.27. The summed E-state index contributed by atoms with van der Waals surface area (Å²) in [5.41, 5.74) is 27.7. The van der Waals surface area contributed by atoms with Crippen LogP contribution in [0.4, 0.5) is 23.5 Å². The predicted octanol–water partition coefficient (Wildman–Crippen LogP) is 0.0463. The molecule has 4 heterocycles. The number of aromatic nitrogens is 3. The number of halogens is 1. The maximum absolute atomic E-state index is 6.30. The summed E-state index contributed by atoms with van der Waals surface area (Å²) < 4.78 is 0. The summed E-state index contributed by atoms with van der Waals surface area (Å²) in [6.07, 6.45) is 1.60. The van der Waals surface area contributed by atoms with E-state index in [1.54, 1.807) is 0 Å². The van der Waals surface area contributed by atoms with Crippen LogP contribution >= 0.6 is 12.4 Å². The van der Waals surface area contributed by atoms with Crippen molar-refractivity contribution in [2.45, 2.75) is 56.9 Å². The number of nitrogens with two attached hydrogens (primary N) is 4. The molecule has 0 radical (unpaired) electrons. The van der Waals surface area contributed by atoms with Crippen LogP contribution in [0.5, 0.6) is 0 Å². The van der Waals surface area contributed by atoms with E-state index in [4.69, 9.17) is 37.9 Å². The Morgan fingerprint density at radius 2 is 1.08 bits per heavy atom. The first-order valence-electron chi connectivity index (χ1n) is 13.1. The van der Waals surface area contributed by atoms with Crippen molar-refractivity contribution in [1.82, 2.24) is 15.0 Å². The van der Waals surface area contributed by atoms with E-state index >= 15 is 0 Å². The molecule has 8 N–H and O–H groups in total. The molecule has 0 saturated carbocycles. The Balaban J connectivity index is 0.00000320. The lowest BCUT2D eigenvalue weighted by molar-refractivity contribution is 0.440. The molecule has 3 aliphatic rings. The number of hydrogen-bond donors (Lipinski definition) is 4. The van der Waals surface area contributed by atoms with E-state index < -0.39 is 0 Å². The van der Waals surface area contributed by atoms with Crippen molar-refractivity contribution in [3.05, 3.63) is 29.8 Å². The Bertz CT molecular complexity index is 974. The minimum Gasteiger partial charge on any atom is -0.365 e. The second-order valence-electron chi connectivity index (χ2n) is 10.9. The molecule has 0 amide bonds. The third-order valence-electron chi connectivity index (χ3n) is 7.47. The average molecular weight is 532 g/mol. The normalized spacial score (nSPS) is 28.8. The maximum Gasteiger partial charge on any atom is 0.232 e. The second kappa shape index (κ2) is 11.5. The van der Waals surface area contributed by atoms with Gasteiger partial charge in [-0.15, -0.1) is 12.4 Å². The van der Waals surface area contributed by atoms with E-state index in [9.17, 15) is 0 Å². The molecule has 0 aliphatic carbocycles. The molecule has 12 heteroatoms. The van der Waals surface area contributed by atoms with Crippen LogP contribution in [0, 0.1) is 6.92 Å². The summed E-state index contributed by atoms with van der Waals surface area (Å²) in [6, 6.07) is 9.01. The fourth-order valence-corrected chi connectivity index (χ4v) is 5.71. The maximum atomic E-state index is 6.30. The van der Waals surface area contributed by atoms with Crippen molar-refractivity contribution in [2.75, 3.05) is 65.4 Å². The van der Waals surface area contributed by atoms with E-state index in [0.717, 1.165) is 32.5 Å². The molecule has 1 unspecified atom stereocenters. The van der Waals surface area contributed by atoms with Gasteiger partial charge in [-0.25, -0.2) is 0 Å². The fourth-order valence-electron chi connectivity index (χ4n) is 5.71. The molecule has 1 aromatic heterocycles. The lowest BCUT2D eigenvalue weighted by Crippen LogP contribution is -2.55. The van der Waals surface area contributed by atoms with E-state index in [1.807, 2.05) is 0 Å². The van der Waals surface area contributed by atoms with E-state index in [-0.39, 0.29) is 36.6 Å². The van der Waals surface area contributed by atoms with Crippen molar-refractivity contribution in [3.8, 4) is 0 Å². The summed E-state index contributed by atoms with van der Waals surface area (Å²) in [7, 11) is 0. The average Bonchev–Trinajstić information content (AvgIpc) is 2.83. The van der Waals surface area contributed by atoms with Gasteiger partial charge in [0.1, 0.15) is 0 Å². The first kappa shape index (κ1) is 27.6. The first-order chi connectivity index (χ1) is 17.2. The molecule has 204 valence electrons. The molecular formula is C25H42ClN11. The van der Waals surface area contributed by atoms with Crippen LogP contribution in [0.25, 0.3) is 0 Å². The third kappa shape index (κ3) is 6.35. The Morgan fingerprint density at radius 3 is 1.51 bits per heavy atom. The highest BCUT2D eigenvalue weighted by atomic mass is 35.5. The number of aryl methyl sites for hydroxylation is 1. The van der Waals surface area contributed by atoms with Crippen LogP contribution in [0.2, 0.25) is 0 Å². The van der Waals surface area contributed by atoms with Crippen LogP contribution in [0.1, 0.15) is 25.3 Å². The Kier molecular flexibility index (Phi) is 8.59. The van der Waals surface area contributed by atoms with Crippen molar-refractivity contribution in [1.29, 1.82) is 0 Å².